The zero-order valence-corrected chi connectivity index (χ0v) is 15.3. The van der Waals surface area contributed by atoms with Crippen molar-refractivity contribution in [2.45, 2.75) is 19.4 Å². The van der Waals surface area contributed by atoms with Gasteiger partial charge in [0.2, 0.25) is 0 Å². The number of nitrogens with zero attached hydrogens (tertiary/aromatic N) is 1. The number of fused-ring (bicyclic) bond motifs is 1. The van der Waals surface area contributed by atoms with E-state index < -0.39 is 0 Å². The van der Waals surface area contributed by atoms with E-state index in [2.05, 4.69) is 11.0 Å². The van der Waals surface area contributed by atoms with E-state index in [4.69, 9.17) is 21.1 Å². The van der Waals surface area contributed by atoms with Crippen molar-refractivity contribution in [2.24, 2.45) is 0 Å². The molecule has 25 heavy (non-hydrogen) atoms. The molecule has 1 heterocycles. The maximum Gasteiger partial charge on any atom is 0.164 e. The maximum atomic E-state index is 12.3. The molecule has 3 rings (SSSR count). The Morgan fingerprint density at radius 2 is 1.72 bits per heavy atom. The molecule has 0 unspecified atom stereocenters. The van der Waals surface area contributed by atoms with Gasteiger partial charge in [0.05, 0.1) is 14.2 Å². The molecule has 0 atom stereocenters. The Kier molecular flexibility index (Phi) is 5.61. The molecule has 132 valence electrons. The SMILES string of the molecule is COc1cc2c(cc1OC)CN(CCC(=O)c1ccc(Cl)cc1)CC2. The van der Waals surface area contributed by atoms with Gasteiger partial charge in [-0.15, -0.1) is 0 Å². The summed E-state index contributed by atoms with van der Waals surface area (Å²) in [7, 11) is 3.30. The first kappa shape index (κ1) is 17.8. The molecule has 0 aliphatic carbocycles. The fourth-order valence-electron chi connectivity index (χ4n) is 3.17. The van der Waals surface area contributed by atoms with E-state index in [-0.39, 0.29) is 5.78 Å². The first-order valence-electron chi connectivity index (χ1n) is 8.35. The van der Waals surface area contributed by atoms with Gasteiger partial charge in [0.1, 0.15) is 0 Å². The molecule has 0 amide bonds. The van der Waals surface area contributed by atoms with E-state index in [1.165, 1.54) is 11.1 Å². The third kappa shape index (κ3) is 4.14. The average Bonchev–Trinajstić information content (AvgIpc) is 2.65. The Hall–Kier alpha value is -2.04. The van der Waals surface area contributed by atoms with Gasteiger partial charge < -0.3 is 9.47 Å². The van der Waals surface area contributed by atoms with Crippen molar-refractivity contribution in [2.75, 3.05) is 27.3 Å². The normalized spacial score (nSPS) is 14.0. The van der Waals surface area contributed by atoms with Gasteiger partial charge in [-0.25, -0.2) is 0 Å². The first-order chi connectivity index (χ1) is 12.1. The van der Waals surface area contributed by atoms with Crippen LogP contribution in [0.25, 0.3) is 0 Å². The maximum absolute atomic E-state index is 12.3. The second-order valence-electron chi connectivity index (χ2n) is 6.18. The summed E-state index contributed by atoms with van der Waals surface area (Å²) in [5, 5.41) is 0.647. The minimum Gasteiger partial charge on any atom is -0.493 e. The summed E-state index contributed by atoms with van der Waals surface area (Å²) >= 11 is 5.87. The van der Waals surface area contributed by atoms with E-state index in [1.54, 1.807) is 38.5 Å². The highest BCUT2D eigenvalue weighted by Gasteiger charge is 2.20. The van der Waals surface area contributed by atoms with Crippen LogP contribution >= 0.6 is 11.6 Å². The van der Waals surface area contributed by atoms with Gasteiger partial charge in [-0.05, 0) is 53.9 Å². The molecule has 0 radical (unpaired) electrons. The lowest BCUT2D eigenvalue weighted by atomic mass is 9.98. The molecule has 5 heteroatoms. The molecule has 0 saturated heterocycles. The molecule has 2 aromatic carbocycles. The Balaban J connectivity index is 1.63. The van der Waals surface area contributed by atoms with Gasteiger partial charge in [0, 0.05) is 36.6 Å². The van der Waals surface area contributed by atoms with Crippen LogP contribution in [0.15, 0.2) is 36.4 Å². The Morgan fingerprint density at radius 3 is 2.36 bits per heavy atom. The predicted octanol–water partition coefficient (Wildman–Crippen LogP) is 3.99. The highest BCUT2D eigenvalue weighted by atomic mass is 35.5. The van der Waals surface area contributed by atoms with Crippen molar-refractivity contribution in [1.82, 2.24) is 4.90 Å². The summed E-state index contributed by atoms with van der Waals surface area (Å²) in [6.07, 6.45) is 1.45. The van der Waals surface area contributed by atoms with Gasteiger partial charge in [-0.2, -0.15) is 0 Å². The van der Waals surface area contributed by atoms with Crippen LogP contribution in [0.3, 0.4) is 0 Å². The van der Waals surface area contributed by atoms with Gasteiger partial charge >= 0.3 is 0 Å². The number of carbonyl (C=O) groups excluding carboxylic acids is 1. The Bertz CT molecular complexity index is 758. The third-order valence-electron chi connectivity index (χ3n) is 4.62. The number of rotatable bonds is 6. The van der Waals surface area contributed by atoms with Gasteiger partial charge in [-0.1, -0.05) is 11.6 Å². The lowest BCUT2D eigenvalue weighted by Gasteiger charge is -2.29. The summed E-state index contributed by atoms with van der Waals surface area (Å²) in [6, 6.07) is 11.2. The lowest BCUT2D eigenvalue weighted by molar-refractivity contribution is 0.0960. The predicted molar refractivity (Wildman–Crippen MR) is 98.9 cm³/mol. The fraction of sp³-hybridized carbons (Fsp3) is 0.350. The summed E-state index contributed by atoms with van der Waals surface area (Å²) in [6.45, 7) is 2.51. The zero-order valence-electron chi connectivity index (χ0n) is 14.5. The molecule has 2 aromatic rings. The molecular formula is C20H22ClNO3. The van der Waals surface area contributed by atoms with E-state index in [9.17, 15) is 4.79 Å². The highest BCUT2D eigenvalue weighted by molar-refractivity contribution is 6.30. The van der Waals surface area contributed by atoms with Crippen LogP contribution in [0.1, 0.15) is 27.9 Å². The monoisotopic (exact) mass is 359 g/mol. The Morgan fingerprint density at radius 1 is 1.08 bits per heavy atom. The van der Waals surface area contributed by atoms with Crippen LogP contribution in [-0.2, 0) is 13.0 Å². The minimum absolute atomic E-state index is 0.148. The number of hydrogen-bond acceptors (Lipinski definition) is 4. The number of Topliss-reactive ketones (excluding diaryl/α,β-unsaturated/α-hetero) is 1. The summed E-state index contributed by atoms with van der Waals surface area (Å²) in [5.74, 6) is 1.67. The van der Waals surface area contributed by atoms with Crippen LogP contribution in [0.5, 0.6) is 11.5 Å². The van der Waals surface area contributed by atoms with Gasteiger partial charge in [0.25, 0.3) is 0 Å². The molecule has 0 bridgehead atoms. The summed E-state index contributed by atoms with van der Waals surface area (Å²) in [4.78, 5) is 14.6. The standard InChI is InChI=1S/C20H22ClNO3/c1-24-19-11-15-7-9-22(13-16(15)12-20(19)25-2)10-8-18(23)14-3-5-17(21)6-4-14/h3-6,11-12H,7-10,13H2,1-2H3. The molecule has 0 aromatic heterocycles. The molecule has 4 nitrogen and oxygen atoms in total. The minimum atomic E-state index is 0.148. The van der Waals surface area contributed by atoms with Crippen molar-refractivity contribution in [3.8, 4) is 11.5 Å². The largest absolute Gasteiger partial charge is 0.493 e. The van der Waals surface area contributed by atoms with Crippen molar-refractivity contribution in [3.05, 3.63) is 58.1 Å². The van der Waals surface area contributed by atoms with Crippen LogP contribution in [-0.4, -0.2) is 38.0 Å². The van der Waals surface area contributed by atoms with Crippen molar-refractivity contribution in [3.63, 3.8) is 0 Å². The van der Waals surface area contributed by atoms with Crippen LogP contribution in [0.4, 0.5) is 0 Å². The number of hydrogen-bond donors (Lipinski definition) is 0. The lowest BCUT2D eigenvalue weighted by Crippen LogP contribution is -2.32. The highest BCUT2D eigenvalue weighted by Crippen LogP contribution is 2.33. The van der Waals surface area contributed by atoms with E-state index in [0.717, 1.165) is 37.6 Å². The van der Waals surface area contributed by atoms with E-state index in [1.807, 2.05) is 6.07 Å². The van der Waals surface area contributed by atoms with Crippen molar-refractivity contribution < 1.29 is 14.3 Å². The van der Waals surface area contributed by atoms with Crippen LogP contribution in [0, 0.1) is 0 Å². The average molecular weight is 360 g/mol. The molecular weight excluding hydrogens is 338 g/mol. The molecule has 1 aliphatic heterocycles. The number of halogens is 1. The first-order valence-corrected chi connectivity index (χ1v) is 8.73. The number of ketones is 1. The van der Waals surface area contributed by atoms with Crippen LogP contribution < -0.4 is 9.47 Å². The van der Waals surface area contributed by atoms with Gasteiger partial charge in [-0.3, -0.25) is 9.69 Å². The number of methoxy groups -OCH3 is 2. The second kappa shape index (κ2) is 7.89. The second-order valence-corrected chi connectivity index (χ2v) is 6.62. The molecule has 0 N–H and O–H groups in total. The summed E-state index contributed by atoms with van der Waals surface area (Å²) < 4.78 is 10.8. The van der Waals surface area contributed by atoms with Crippen LogP contribution in [0.2, 0.25) is 5.02 Å². The van der Waals surface area contributed by atoms with E-state index >= 15 is 0 Å². The van der Waals surface area contributed by atoms with E-state index in [0.29, 0.717) is 17.0 Å². The molecule has 0 fully saturated rings. The topological polar surface area (TPSA) is 38.8 Å². The molecule has 0 saturated carbocycles. The number of benzene rings is 2. The zero-order chi connectivity index (χ0) is 17.8. The smallest absolute Gasteiger partial charge is 0.164 e. The number of carbonyl (C=O) groups is 1. The molecule has 0 spiro atoms. The van der Waals surface area contributed by atoms with Crippen molar-refractivity contribution >= 4 is 17.4 Å². The fourth-order valence-corrected chi connectivity index (χ4v) is 3.30. The quantitative estimate of drug-likeness (QED) is 0.731. The number of ether oxygens (including phenoxy) is 2. The van der Waals surface area contributed by atoms with Crippen molar-refractivity contribution in [1.29, 1.82) is 0 Å². The Labute approximate surface area is 153 Å². The summed E-state index contributed by atoms with van der Waals surface area (Å²) in [5.41, 5.74) is 3.24. The molecule has 1 aliphatic rings. The van der Waals surface area contributed by atoms with Gasteiger partial charge in [0.15, 0.2) is 17.3 Å². The third-order valence-corrected chi connectivity index (χ3v) is 4.87.